The average Bonchev–Trinajstić information content (AvgIpc) is 2.48. The SMILES string of the molecule is CCOc1ccc2ccccc2c1CC(=O)C(=O)OC. The van der Waals surface area contributed by atoms with Crippen LogP contribution >= 0.6 is 0 Å². The van der Waals surface area contributed by atoms with Gasteiger partial charge in [0.2, 0.25) is 5.78 Å². The molecule has 2 rings (SSSR count). The third-order valence-electron chi connectivity index (χ3n) is 3.05. The molecule has 0 aliphatic heterocycles. The van der Waals surface area contributed by atoms with Crippen LogP contribution in [0.3, 0.4) is 0 Å². The van der Waals surface area contributed by atoms with Crippen LogP contribution in [0.5, 0.6) is 5.75 Å². The van der Waals surface area contributed by atoms with Gasteiger partial charge in [0.1, 0.15) is 5.75 Å². The lowest BCUT2D eigenvalue weighted by Gasteiger charge is -2.12. The molecule has 2 aromatic rings. The molecule has 0 fully saturated rings. The fourth-order valence-electron chi connectivity index (χ4n) is 2.14. The van der Waals surface area contributed by atoms with Crippen LogP contribution in [0.4, 0.5) is 0 Å². The van der Waals surface area contributed by atoms with Crippen LogP contribution in [0.25, 0.3) is 10.8 Å². The van der Waals surface area contributed by atoms with Crippen molar-refractivity contribution in [1.82, 2.24) is 0 Å². The topological polar surface area (TPSA) is 52.6 Å². The van der Waals surface area contributed by atoms with Crippen LogP contribution < -0.4 is 4.74 Å². The minimum absolute atomic E-state index is 0.0244. The molecule has 20 heavy (non-hydrogen) atoms. The monoisotopic (exact) mass is 272 g/mol. The number of ketones is 1. The average molecular weight is 272 g/mol. The Morgan fingerprint density at radius 3 is 2.55 bits per heavy atom. The minimum atomic E-state index is -0.833. The van der Waals surface area contributed by atoms with Gasteiger partial charge in [0.15, 0.2) is 0 Å². The predicted molar refractivity (Wildman–Crippen MR) is 75.8 cm³/mol. The molecule has 0 unspecified atom stereocenters. The van der Waals surface area contributed by atoms with Gasteiger partial charge in [-0.2, -0.15) is 0 Å². The van der Waals surface area contributed by atoms with E-state index in [0.29, 0.717) is 12.4 Å². The van der Waals surface area contributed by atoms with E-state index in [0.717, 1.165) is 16.3 Å². The number of methoxy groups -OCH3 is 1. The highest BCUT2D eigenvalue weighted by atomic mass is 16.5. The number of carbonyl (C=O) groups excluding carboxylic acids is 2. The van der Waals surface area contributed by atoms with E-state index in [1.54, 1.807) is 0 Å². The molecular weight excluding hydrogens is 256 g/mol. The van der Waals surface area contributed by atoms with Gasteiger partial charge in [-0.25, -0.2) is 4.79 Å². The second-order valence-corrected chi connectivity index (χ2v) is 4.29. The van der Waals surface area contributed by atoms with Crippen LogP contribution in [-0.4, -0.2) is 25.5 Å². The zero-order valence-electron chi connectivity index (χ0n) is 11.5. The fraction of sp³-hybridized carbons (Fsp3) is 0.250. The van der Waals surface area contributed by atoms with Crippen molar-refractivity contribution in [2.75, 3.05) is 13.7 Å². The molecule has 0 aliphatic rings. The third-order valence-corrected chi connectivity index (χ3v) is 3.05. The highest BCUT2D eigenvalue weighted by molar-refractivity contribution is 6.34. The van der Waals surface area contributed by atoms with Crippen LogP contribution in [0, 0.1) is 0 Å². The van der Waals surface area contributed by atoms with Gasteiger partial charge in [-0.05, 0) is 23.8 Å². The zero-order chi connectivity index (χ0) is 14.5. The van der Waals surface area contributed by atoms with Crippen LogP contribution in [0.15, 0.2) is 36.4 Å². The van der Waals surface area contributed by atoms with E-state index in [4.69, 9.17) is 4.74 Å². The van der Waals surface area contributed by atoms with E-state index in [1.807, 2.05) is 43.3 Å². The lowest BCUT2D eigenvalue weighted by atomic mass is 9.99. The smallest absolute Gasteiger partial charge is 0.374 e. The summed E-state index contributed by atoms with van der Waals surface area (Å²) in [7, 11) is 1.20. The first kappa shape index (κ1) is 14.1. The second kappa shape index (κ2) is 6.19. The van der Waals surface area contributed by atoms with Crippen molar-refractivity contribution >= 4 is 22.5 Å². The molecule has 0 aromatic heterocycles. The number of ether oxygens (including phenoxy) is 2. The second-order valence-electron chi connectivity index (χ2n) is 4.29. The summed E-state index contributed by atoms with van der Waals surface area (Å²) in [6, 6.07) is 11.5. The first-order valence-corrected chi connectivity index (χ1v) is 6.42. The molecule has 0 radical (unpaired) electrons. The Kier molecular flexibility index (Phi) is 4.35. The largest absolute Gasteiger partial charge is 0.494 e. The molecule has 0 bridgehead atoms. The molecule has 0 aliphatic carbocycles. The zero-order valence-corrected chi connectivity index (χ0v) is 11.5. The Balaban J connectivity index is 2.49. The molecule has 0 amide bonds. The number of hydrogen-bond acceptors (Lipinski definition) is 4. The normalized spacial score (nSPS) is 10.3. The predicted octanol–water partition coefficient (Wildman–Crippen LogP) is 2.52. The lowest BCUT2D eigenvalue weighted by molar-refractivity contribution is -0.151. The van der Waals surface area contributed by atoms with Crippen LogP contribution in [-0.2, 0) is 20.7 Å². The molecule has 4 nitrogen and oxygen atoms in total. The summed E-state index contributed by atoms with van der Waals surface area (Å²) >= 11 is 0. The Morgan fingerprint density at radius 1 is 1.10 bits per heavy atom. The van der Waals surface area contributed by atoms with Gasteiger partial charge in [-0.3, -0.25) is 4.79 Å². The molecule has 0 atom stereocenters. The maximum absolute atomic E-state index is 11.8. The summed E-state index contributed by atoms with van der Waals surface area (Å²) in [6.07, 6.45) is -0.0244. The number of hydrogen-bond donors (Lipinski definition) is 0. The quantitative estimate of drug-likeness (QED) is 0.620. The minimum Gasteiger partial charge on any atom is -0.494 e. The van der Waals surface area contributed by atoms with Gasteiger partial charge in [0.25, 0.3) is 0 Å². The van der Waals surface area contributed by atoms with Crippen molar-refractivity contribution in [1.29, 1.82) is 0 Å². The highest BCUT2D eigenvalue weighted by Crippen LogP contribution is 2.28. The summed E-state index contributed by atoms with van der Waals surface area (Å²) < 4.78 is 10.0. The van der Waals surface area contributed by atoms with E-state index in [1.165, 1.54) is 7.11 Å². The molecule has 0 saturated carbocycles. The molecule has 0 heterocycles. The van der Waals surface area contributed by atoms with Gasteiger partial charge in [0.05, 0.1) is 13.7 Å². The van der Waals surface area contributed by atoms with Gasteiger partial charge in [-0.1, -0.05) is 30.3 Å². The Bertz CT molecular complexity index is 646. The maximum Gasteiger partial charge on any atom is 0.374 e. The number of fused-ring (bicyclic) bond motifs is 1. The summed E-state index contributed by atoms with van der Waals surface area (Å²) in [6.45, 7) is 2.37. The van der Waals surface area contributed by atoms with E-state index in [2.05, 4.69) is 4.74 Å². The third kappa shape index (κ3) is 2.79. The number of carbonyl (C=O) groups is 2. The first-order valence-electron chi connectivity index (χ1n) is 6.42. The van der Waals surface area contributed by atoms with E-state index < -0.39 is 11.8 Å². The van der Waals surface area contributed by atoms with E-state index in [-0.39, 0.29) is 6.42 Å². The van der Waals surface area contributed by atoms with Crippen LogP contribution in [0.2, 0.25) is 0 Å². The molecule has 0 spiro atoms. The Morgan fingerprint density at radius 2 is 1.85 bits per heavy atom. The molecule has 2 aromatic carbocycles. The summed E-state index contributed by atoms with van der Waals surface area (Å²) in [4.78, 5) is 23.1. The summed E-state index contributed by atoms with van der Waals surface area (Å²) in [5, 5.41) is 1.92. The van der Waals surface area contributed by atoms with Crippen molar-refractivity contribution in [3.8, 4) is 5.75 Å². The molecular formula is C16H16O4. The number of Topliss-reactive ketones (excluding diaryl/α,β-unsaturated/α-hetero) is 1. The highest BCUT2D eigenvalue weighted by Gasteiger charge is 2.19. The van der Waals surface area contributed by atoms with Gasteiger partial charge in [-0.15, -0.1) is 0 Å². The van der Waals surface area contributed by atoms with Gasteiger partial charge >= 0.3 is 5.97 Å². The summed E-state index contributed by atoms with van der Waals surface area (Å²) in [5.41, 5.74) is 0.723. The van der Waals surface area contributed by atoms with Crippen molar-refractivity contribution < 1.29 is 19.1 Å². The molecule has 0 N–H and O–H groups in total. The Hall–Kier alpha value is -2.36. The van der Waals surface area contributed by atoms with Crippen molar-refractivity contribution in [2.24, 2.45) is 0 Å². The molecule has 4 heteroatoms. The van der Waals surface area contributed by atoms with Crippen molar-refractivity contribution in [2.45, 2.75) is 13.3 Å². The van der Waals surface area contributed by atoms with E-state index in [9.17, 15) is 9.59 Å². The van der Waals surface area contributed by atoms with Crippen molar-refractivity contribution in [3.63, 3.8) is 0 Å². The molecule has 104 valence electrons. The maximum atomic E-state index is 11.8. The number of rotatable bonds is 5. The van der Waals surface area contributed by atoms with Gasteiger partial charge < -0.3 is 9.47 Å². The van der Waals surface area contributed by atoms with E-state index >= 15 is 0 Å². The Labute approximate surface area is 117 Å². The number of esters is 1. The van der Waals surface area contributed by atoms with Crippen molar-refractivity contribution in [3.05, 3.63) is 42.0 Å². The van der Waals surface area contributed by atoms with Crippen LogP contribution in [0.1, 0.15) is 12.5 Å². The standard InChI is InChI=1S/C16H16O4/c1-3-20-15-9-8-11-6-4-5-7-12(11)13(15)10-14(17)16(18)19-2/h4-9H,3,10H2,1-2H3. The number of benzene rings is 2. The fourth-order valence-corrected chi connectivity index (χ4v) is 2.14. The lowest BCUT2D eigenvalue weighted by Crippen LogP contribution is -2.18. The summed E-state index contributed by atoms with van der Waals surface area (Å²) in [5.74, 6) is -0.784. The first-order chi connectivity index (χ1) is 9.67. The molecule has 0 saturated heterocycles. The van der Waals surface area contributed by atoms with Gasteiger partial charge in [0, 0.05) is 12.0 Å².